The topological polar surface area (TPSA) is 102 Å². The number of carboxylic acid groups (broad SMARTS) is 1. The van der Waals surface area contributed by atoms with E-state index in [0.717, 1.165) is 6.54 Å². The Morgan fingerprint density at radius 1 is 0.905 bits per heavy atom. The number of esters is 1. The lowest BCUT2D eigenvalue weighted by atomic mass is 10.2. The molecule has 0 aliphatic heterocycles. The molecule has 0 spiro atoms. The van der Waals surface area contributed by atoms with Crippen molar-refractivity contribution < 1.29 is 33.7 Å². The van der Waals surface area contributed by atoms with E-state index in [9.17, 15) is 14.4 Å². The maximum atomic E-state index is 11.2. The molecule has 0 fully saturated rings. The molecule has 0 bridgehead atoms. The molecule has 0 aliphatic rings. The quantitative estimate of drug-likeness (QED) is 0.277. The van der Waals surface area contributed by atoms with Gasteiger partial charge in [0.2, 0.25) is 5.78 Å². The Balaban J connectivity index is 3.33. The summed E-state index contributed by atoms with van der Waals surface area (Å²) in [4.78, 5) is 34.1. The fraction of sp³-hybridized carbons (Fsp3) is 0.769. The van der Waals surface area contributed by atoms with Gasteiger partial charge in [0.1, 0.15) is 6.61 Å². The molecule has 8 nitrogen and oxygen atoms in total. The molecule has 0 rings (SSSR count). The van der Waals surface area contributed by atoms with E-state index in [2.05, 4.69) is 0 Å². The third-order valence-corrected chi connectivity index (χ3v) is 2.34. The Morgan fingerprint density at radius 3 is 2.05 bits per heavy atom. The smallest absolute Gasteiger partial charge is 0.372 e. The summed E-state index contributed by atoms with van der Waals surface area (Å²) in [6, 6.07) is 0. The van der Waals surface area contributed by atoms with Gasteiger partial charge in [-0.15, -0.1) is 0 Å². The van der Waals surface area contributed by atoms with Gasteiger partial charge in [0.15, 0.2) is 0 Å². The average molecular weight is 305 g/mol. The molecule has 1 N–H and O–H groups in total. The maximum Gasteiger partial charge on any atom is 0.372 e. The lowest BCUT2D eigenvalue weighted by Crippen LogP contribution is -2.19. The predicted octanol–water partition coefficient (Wildman–Crippen LogP) is -0.442. The Morgan fingerprint density at radius 2 is 1.48 bits per heavy atom. The minimum absolute atomic E-state index is 0.0673. The van der Waals surface area contributed by atoms with Crippen LogP contribution in [0.15, 0.2) is 0 Å². The van der Waals surface area contributed by atoms with Gasteiger partial charge in [0, 0.05) is 13.0 Å². The van der Waals surface area contributed by atoms with Crippen molar-refractivity contribution in [3.8, 4) is 0 Å². The summed E-state index contributed by atoms with van der Waals surface area (Å²) < 4.78 is 15.2. The number of rotatable bonds is 13. The van der Waals surface area contributed by atoms with Crippen molar-refractivity contribution >= 4 is 17.7 Å². The van der Waals surface area contributed by atoms with Gasteiger partial charge in [0.05, 0.1) is 32.8 Å². The number of carboxylic acids is 1. The first-order chi connectivity index (χ1) is 9.93. The van der Waals surface area contributed by atoms with Crippen LogP contribution in [0, 0.1) is 0 Å². The van der Waals surface area contributed by atoms with Gasteiger partial charge in [-0.2, -0.15) is 0 Å². The number of carbonyl (C=O) groups is 3. The van der Waals surface area contributed by atoms with Crippen LogP contribution in [0.1, 0.15) is 12.8 Å². The number of nitrogens with zero attached hydrogens (tertiary/aromatic N) is 1. The van der Waals surface area contributed by atoms with Gasteiger partial charge < -0.3 is 24.2 Å². The van der Waals surface area contributed by atoms with E-state index in [-0.39, 0.29) is 26.1 Å². The molecule has 0 amide bonds. The van der Waals surface area contributed by atoms with Crippen LogP contribution in [0.5, 0.6) is 0 Å². The van der Waals surface area contributed by atoms with Crippen molar-refractivity contribution in [2.75, 3.05) is 53.7 Å². The zero-order chi connectivity index (χ0) is 16.1. The van der Waals surface area contributed by atoms with Crippen LogP contribution in [-0.2, 0) is 28.6 Å². The third kappa shape index (κ3) is 13.2. The summed E-state index contributed by atoms with van der Waals surface area (Å²) in [7, 11) is 3.91. The number of ether oxygens (including phenoxy) is 3. The summed E-state index contributed by atoms with van der Waals surface area (Å²) >= 11 is 0. The Labute approximate surface area is 123 Å². The van der Waals surface area contributed by atoms with Crippen LogP contribution < -0.4 is 0 Å². The highest BCUT2D eigenvalue weighted by Gasteiger charge is 2.13. The Kier molecular flexibility index (Phi) is 11.4. The third-order valence-electron chi connectivity index (χ3n) is 2.34. The standard InChI is InChI=1S/C13H23NO7/c1-14(2)5-6-19-7-8-20-9-10-21-12(16)4-3-11(15)13(17)18/h3-10H2,1-2H3,(H,17,18). The molecular formula is C13H23NO7. The number of carbonyl (C=O) groups excluding carboxylic acids is 2. The SMILES string of the molecule is CN(C)CCOCCOCCOC(=O)CCC(=O)C(=O)O. The second-order valence-electron chi connectivity index (χ2n) is 4.48. The molecule has 0 heterocycles. The number of likely N-dealkylation sites (N-methyl/N-ethyl adjacent to an activating group) is 1. The van der Waals surface area contributed by atoms with Gasteiger partial charge in [-0.25, -0.2) is 4.79 Å². The molecule has 122 valence electrons. The monoisotopic (exact) mass is 305 g/mol. The molecule has 0 aliphatic carbocycles. The van der Waals surface area contributed by atoms with Crippen molar-refractivity contribution in [1.29, 1.82) is 0 Å². The molecule has 0 saturated heterocycles. The number of Topliss-reactive ketones (excluding diaryl/α,β-unsaturated/α-hetero) is 1. The number of aliphatic carboxylic acids is 1. The summed E-state index contributed by atoms with van der Waals surface area (Å²) in [5, 5.41) is 8.32. The molecule has 21 heavy (non-hydrogen) atoms. The van der Waals surface area contributed by atoms with E-state index in [1.807, 2.05) is 19.0 Å². The van der Waals surface area contributed by atoms with Crippen LogP contribution in [0.25, 0.3) is 0 Å². The molecule has 0 saturated carbocycles. The number of hydrogen-bond acceptors (Lipinski definition) is 7. The van der Waals surface area contributed by atoms with E-state index >= 15 is 0 Å². The van der Waals surface area contributed by atoms with Gasteiger partial charge >= 0.3 is 11.9 Å². The Bertz CT molecular complexity index is 330. The van der Waals surface area contributed by atoms with Crippen LogP contribution in [0.4, 0.5) is 0 Å². The van der Waals surface area contributed by atoms with Crippen LogP contribution in [-0.4, -0.2) is 81.4 Å². The lowest BCUT2D eigenvalue weighted by Gasteiger charge is -2.10. The van der Waals surface area contributed by atoms with Crippen LogP contribution in [0.3, 0.4) is 0 Å². The summed E-state index contributed by atoms with van der Waals surface area (Å²) in [5.74, 6) is -3.16. The maximum absolute atomic E-state index is 11.2. The number of hydrogen-bond donors (Lipinski definition) is 1. The average Bonchev–Trinajstić information content (AvgIpc) is 2.42. The molecule has 0 aromatic carbocycles. The largest absolute Gasteiger partial charge is 0.476 e. The molecule has 8 heteroatoms. The second kappa shape index (κ2) is 12.2. The highest BCUT2D eigenvalue weighted by Crippen LogP contribution is 1.95. The van der Waals surface area contributed by atoms with Crippen LogP contribution in [0.2, 0.25) is 0 Å². The first kappa shape index (κ1) is 19.5. The van der Waals surface area contributed by atoms with Gasteiger partial charge in [-0.3, -0.25) is 9.59 Å². The van der Waals surface area contributed by atoms with Gasteiger partial charge in [-0.05, 0) is 14.1 Å². The first-order valence-electron chi connectivity index (χ1n) is 6.65. The van der Waals surface area contributed by atoms with E-state index in [0.29, 0.717) is 19.8 Å². The Hall–Kier alpha value is -1.51. The van der Waals surface area contributed by atoms with Crippen molar-refractivity contribution in [2.45, 2.75) is 12.8 Å². The molecule has 0 radical (unpaired) electrons. The zero-order valence-corrected chi connectivity index (χ0v) is 12.5. The summed E-state index contributed by atoms with van der Waals surface area (Å²) in [6.07, 6.45) is -0.590. The van der Waals surface area contributed by atoms with Crippen LogP contribution >= 0.6 is 0 Å². The van der Waals surface area contributed by atoms with E-state index in [1.54, 1.807) is 0 Å². The first-order valence-corrected chi connectivity index (χ1v) is 6.65. The molecule has 0 aromatic heterocycles. The summed E-state index contributed by atoms with van der Waals surface area (Å²) in [5.41, 5.74) is 0. The van der Waals surface area contributed by atoms with Crippen molar-refractivity contribution in [3.63, 3.8) is 0 Å². The lowest BCUT2D eigenvalue weighted by molar-refractivity contribution is -0.151. The molecule has 0 atom stereocenters. The fourth-order valence-electron chi connectivity index (χ4n) is 1.18. The van der Waals surface area contributed by atoms with Crippen molar-refractivity contribution in [3.05, 3.63) is 0 Å². The van der Waals surface area contributed by atoms with E-state index < -0.39 is 17.7 Å². The number of ketones is 1. The van der Waals surface area contributed by atoms with Gasteiger partial charge in [-0.1, -0.05) is 0 Å². The highest BCUT2D eigenvalue weighted by molar-refractivity contribution is 6.32. The second-order valence-corrected chi connectivity index (χ2v) is 4.48. The highest BCUT2D eigenvalue weighted by atomic mass is 16.6. The molecule has 0 aromatic rings. The summed E-state index contributed by atoms with van der Waals surface area (Å²) in [6.45, 7) is 2.64. The normalized spacial score (nSPS) is 10.6. The van der Waals surface area contributed by atoms with Gasteiger partial charge in [0.25, 0.3) is 0 Å². The van der Waals surface area contributed by atoms with E-state index in [1.165, 1.54) is 0 Å². The van der Waals surface area contributed by atoms with E-state index in [4.69, 9.17) is 19.3 Å². The predicted molar refractivity (Wildman–Crippen MR) is 73.0 cm³/mol. The minimum atomic E-state index is -1.54. The minimum Gasteiger partial charge on any atom is -0.476 e. The molecule has 0 unspecified atom stereocenters. The fourth-order valence-corrected chi connectivity index (χ4v) is 1.18. The molecular weight excluding hydrogens is 282 g/mol. The van der Waals surface area contributed by atoms with Crippen molar-refractivity contribution in [1.82, 2.24) is 4.90 Å². The zero-order valence-electron chi connectivity index (χ0n) is 12.5. The van der Waals surface area contributed by atoms with Crippen molar-refractivity contribution in [2.24, 2.45) is 0 Å².